The monoisotopic (exact) mass is 332 g/mol. The minimum absolute atomic E-state index is 0.0574. The van der Waals surface area contributed by atoms with Crippen LogP contribution in [0.25, 0.3) is 0 Å². The first-order chi connectivity index (χ1) is 8.53. The SMILES string of the molecule is COc1ccc(S(=O)(=O)Nc2ncn[nH]2)cc1Br. The Labute approximate surface area is 112 Å². The van der Waals surface area contributed by atoms with Crippen molar-refractivity contribution in [2.75, 3.05) is 11.8 Å². The second-order valence-corrected chi connectivity index (χ2v) is 5.77. The van der Waals surface area contributed by atoms with Crippen LogP contribution in [-0.4, -0.2) is 30.7 Å². The average molecular weight is 333 g/mol. The first-order valence-corrected chi connectivity index (χ1v) is 7.02. The van der Waals surface area contributed by atoms with E-state index in [0.29, 0.717) is 10.2 Å². The lowest BCUT2D eigenvalue weighted by Gasteiger charge is -2.07. The zero-order chi connectivity index (χ0) is 13.2. The third-order valence-corrected chi connectivity index (χ3v) is 4.04. The zero-order valence-corrected chi connectivity index (χ0v) is 11.6. The minimum Gasteiger partial charge on any atom is -0.496 e. The second-order valence-electron chi connectivity index (χ2n) is 3.24. The van der Waals surface area contributed by atoms with Gasteiger partial charge in [0.2, 0.25) is 5.95 Å². The van der Waals surface area contributed by atoms with E-state index in [4.69, 9.17) is 4.74 Å². The molecule has 9 heteroatoms. The average Bonchev–Trinajstić information content (AvgIpc) is 2.81. The molecule has 18 heavy (non-hydrogen) atoms. The predicted molar refractivity (Wildman–Crippen MR) is 67.9 cm³/mol. The van der Waals surface area contributed by atoms with Crippen molar-refractivity contribution in [2.45, 2.75) is 4.90 Å². The summed E-state index contributed by atoms with van der Waals surface area (Å²) >= 11 is 3.22. The quantitative estimate of drug-likeness (QED) is 0.881. The fraction of sp³-hybridized carbons (Fsp3) is 0.111. The lowest BCUT2D eigenvalue weighted by molar-refractivity contribution is 0.411. The van der Waals surface area contributed by atoms with Crippen LogP contribution in [0, 0.1) is 0 Å². The number of hydrogen-bond donors (Lipinski definition) is 2. The van der Waals surface area contributed by atoms with Crippen LogP contribution in [0.4, 0.5) is 5.95 Å². The van der Waals surface area contributed by atoms with E-state index in [0.717, 1.165) is 0 Å². The highest BCUT2D eigenvalue weighted by Crippen LogP contribution is 2.27. The number of rotatable bonds is 4. The predicted octanol–water partition coefficient (Wildman–Crippen LogP) is 1.38. The van der Waals surface area contributed by atoms with Crippen LogP contribution in [0.3, 0.4) is 0 Å². The first-order valence-electron chi connectivity index (χ1n) is 4.74. The summed E-state index contributed by atoms with van der Waals surface area (Å²) in [7, 11) is -2.20. The van der Waals surface area contributed by atoms with Crippen LogP contribution in [0.2, 0.25) is 0 Å². The second kappa shape index (κ2) is 4.94. The fourth-order valence-electron chi connectivity index (χ4n) is 1.26. The van der Waals surface area contributed by atoms with E-state index in [2.05, 4.69) is 35.8 Å². The van der Waals surface area contributed by atoms with E-state index in [-0.39, 0.29) is 10.8 Å². The molecule has 1 aromatic heterocycles. The summed E-state index contributed by atoms with van der Waals surface area (Å²) in [6.45, 7) is 0. The number of hydrogen-bond acceptors (Lipinski definition) is 5. The molecule has 2 aromatic rings. The highest BCUT2D eigenvalue weighted by molar-refractivity contribution is 9.10. The number of benzene rings is 1. The van der Waals surface area contributed by atoms with E-state index in [1.807, 2.05) is 0 Å². The third kappa shape index (κ3) is 2.62. The number of halogens is 1. The Kier molecular flexibility index (Phi) is 3.53. The number of sulfonamides is 1. The van der Waals surface area contributed by atoms with Crippen LogP contribution in [0.5, 0.6) is 5.75 Å². The minimum atomic E-state index is -3.70. The molecule has 0 atom stereocenters. The van der Waals surface area contributed by atoms with Gasteiger partial charge in [-0.1, -0.05) is 0 Å². The van der Waals surface area contributed by atoms with Crippen molar-refractivity contribution >= 4 is 31.9 Å². The molecule has 0 radical (unpaired) electrons. The molecule has 96 valence electrons. The van der Waals surface area contributed by atoms with Gasteiger partial charge >= 0.3 is 0 Å². The number of nitrogens with zero attached hydrogens (tertiary/aromatic N) is 2. The van der Waals surface area contributed by atoms with Gasteiger partial charge in [0.05, 0.1) is 16.5 Å². The molecule has 0 aliphatic carbocycles. The van der Waals surface area contributed by atoms with Gasteiger partial charge in [-0.15, -0.1) is 0 Å². The molecular formula is C9H9BrN4O3S. The fourth-order valence-corrected chi connectivity index (χ4v) is 2.94. The van der Waals surface area contributed by atoms with Crippen molar-refractivity contribution < 1.29 is 13.2 Å². The molecule has 0 aliphatic rings. The van der Waals surface area contributed by atoms with Gasteiger partial charge in [0.1, 0.15) is 12.1 Å². The van der Waals surface area contributed by atoms with E-state index in [1.165, 1.54) is 25.6 Å². The molecule has 0 bridgehead atoms. The van der Waals surface area contributed by atoms with Gasteiger partial charge in [-0.05, 0) is 34.1 Å². The number of H-pyrrole nitrogens is 1. The van der Waals surface area contributed by atoms with Gasteiger partial charge in [-0.3, -0.25) is 0 Å². The molecule has 2 rings (SSSR count). The zero-order valence-electron chi connectivity index (χ0n) is 9.21. The van der Waals surface area contributed by atoms with Crippen molar-refractivity contribution in [3.63, 3.8) is 0 Å². The number of anilines is 1. The lowest BCUT2D eigenvalue weighted by atomic mass is 10.3. The van der Waals surface area contributed by atoms with Gasteiger partial charge < -0.3 is 4.74 Å². The third-order valence-electron chi connectivity index (χ3n) is 2.08. The Balaban J connectivity index is 2.33. The van der Waals surface area contributed by atoms with Gasteiger partial charge in [0, 0.05) is 0 Å². The Hall–Kier alpha value is -1.61. The maximum absolute atomic E-state index is 12.0. The van der Waals surface area contributed by atoms with Crippen molar-refractivity contribution in [3.05, 3.63) is 29.0 Å². The van der Waals surface area contributed by atoms with Crippen molar-refractivity contribution in [2.24, 2.45) is 0 Å². The summed E-state index contributed by atoms with van der Waals surface area (Å²) in [6, 6.07) is 4.43. The van der Waals surface area contributed by atoms with Gasteiger partial charge in [0.25, 0.3) is 10.0 Å². The molecule has 7 nitrogen and oxygen atoms in total. The highest BCUT2D eigenvalue weighted by Gasteiger charge is 2.17. The largest absolute Gasteiger partial charge is 0.496 e. The summed E-state index contributed by atoms with van der Waals surface area (Å²) in [6.07, 6.45) is 1.21. The Bertz CT molecular complexity index is 642. The Morgan fingerprint density at radius 2 is 2.22 bits per heavy atom. The Morgan fingerprint density at radius 1 is 1.44 bits per heavy atom. The molecule has 0 spiro atoms. The van der Waals surface area contributed by atoms with E-state index in [9.17, 15) is 8.42 Å². The van der Waals surface area contributed by atoms with Crippen LogP contribution in [0.15, 0.2) is 33.9 Å². The lowest BCUT2D eigenvalue weighted by Crippen LogP contribution is -2.14. The number of aromatic nitrogens is 3. The number of ether oxygens (including phenoxy) is 1. The molecule has 1 heterocycles. The van der Waals surface area contributed by atoms with E-state index >= 15 is 0 Å². The summed E-state index contributed by atoms with van der Waals surface area (Å²) in [4.78, 5) is 3.78. The van der Waals surface area contributed by atoms with Crippen molar-refractivity contribution in [1.82, 2.24) is 15.2 Å². The summed E-state index contributed by atoms with van der Waals surface area (Å²) in [5.74, 6) is 0.607. The van der Waals surface area contributed by atoms with Crippen LogP contribution in [-0.2, 0) is 10.0 Å². The van der Waals surface area contributed by atoms with Gasteiger partial charge in [-0.25, -0.2) is 18.2 Å². The topological polar surface area (TPSA) is 97.0 Å². The van der Waals surface area contributed by atoms with Crippen LogP contribution < -0.4 is 9.46 Å². The van der Waals surface area contributed by atoms with Gasteiger partial charge in [-0.2, -0.15) is 10.1 Å². The van der Waals surface area contributed by atoms with Crippen molar-refractivity contribution in [3.8, 4) is 5.75 Å². The van der Waals surface area contributed by atoms with E-state index in [1.54, 1.807) is 6.07 Å². The Morgan fingerprint density at radius 3 is 2.78 bits per heavy atom. The number of methoxy groups -OCH3 is 1. The molecule has 0 unspecified atom stereocenters. The maximum atomic E-state index is 12.0. The van der Waals surface area contributed by atoms with E-state index < -0.39 is 10.0 Å². The summed E-state index contributed by atoms with van der Waals surface area (Å²) in [5.41, 5.74) is 0. The molecule has 1 aromatic carbocycles. The van der Waals surface area contributed by atoms with Crippen LogP contribution in [0.1, 0.15) is 0 Å². The van der Waals surface area contributed by atoms with Crippen LogP contribution >= 0.6 is 15.9 Å². The summed E-state index contributed by atoms with van der Waals surface area (Å²) in [5, 5.41) is 5.97. The first kappa shape index (κ1) is 12.8. The van der Waals surface area contributed by atoms with Crippen molar-refractivity contribution in [1.29, 1.82) is 0 Å². The smallest absolute Gasteiger partial charge is 0.264 e. The standard InChI is InChI=1S/C9H9BrN4O3S/c1-17-8-3-2-6(4-7(8)10)18(15,16)14-9-11-5-12-13-9/h2-5H,1H3,(H2,11,12,13,14). The molecule has 0 aliphatic heterocycles. The maximum Gasteiger partial charge on any atom is 0.264 e. The molecule has 0 saturated heterocycles. The molecule has 2 N–H and O–H groups in total. The molecule has 0 saturated carbocycles. The normalized spacial score (nSPS) is 11.2. The molecule has 0 fully saturated rings. The van der Waals surface area contributed by atoms with Gasteiger partial charge in [0.15, 0.2) is 0 Å². The summed E-state index contributed by atoms with van der Waals surface area (Å²) < 4.78 is 31.8. The number of nitrogens with one attached hydrogen (secondary N) is 2. The highest BCUT2D eigenvalue weighted by atomic mass is 79.9. The molecule has 0 amide bonds. The number of aromatic amines is 1. The molecular weight excluding hydrogens is 324 g/mol.